The second-order valence-corrected chi connectivity index (χ2v) is 36.7. The van der Waals surface area contributed by atoms with E-state index in [2.05, 4.69) is 57.4 Å². The lowest BCUT2D eigenvalue weighted by atomic mass is 9.92. The average Bonchev–Trinajstić information content (AvgIpc) is 0.817. The summed E-state index contributed by atoms with van der Waals surface area (Å²) in [5, 5.41) is 101. The van der Waals surface area contributed by atoms with Crippen LogP contribution in [0.25, 0.3) is 0 Å². The van der Waals surface area contributed by atoms with E-state index >= 15 is 0 Å². The van der Waals surface area contributed by atoms with Gasteiger partial charge in [0.25, 0.3) is 0 Å². The van der Waals surface area contributed by atoms with Gasteiger partial charge in [-0.3, -0.25) is 47.5 Å². The number of carbonyl (C=O) groups excluding carboxylic acids is 8. The van der Waals surface area contributed by atoms with Crippen molar-refractivity contribution < 1.29 is 204 Å². The standard InChI is InChI=1S/C75H138N10O44S4/c1-47(86)82-59-67(98)63(94)53(39-80-128-130(102,103)104)122-71(59)116-31-19-11-5-7-15-23-51(90)25-35-112-43-75(44-113-36-26-52(91)24-16-8-6-12-20-32-117-72-60(83-48(2)87)68(99)64(95)54(123-72)40-81-129-131(105,106)107,45-114-37-27-57(92)78-29-17-9-13-21-33-118-73-61(84-49(3)88)69(100)65(96)55(124-73)41-120-132(108,109)126-76)46-115-38-28-58(93)79-30-18-10-14-22-34-119-74-62(85-50(4)89)70(101)66(97)56(125-74)42-121-133(110,111)127-77/h53-56,59-74,80-81,94-101H,5-46,76-77H2,1-4H3,(H,78,92)(H,79,93)(H,82,86)(H,83,87)(H,84,88)(H,85,89)(H,102,103,104)(H,105,106,107). The number of ketones is 2. The van der Waals surface area contributed by atoms with Gasteiger partial charge in [-0.2, -0.15) is 73.6 Å². The molecule has 4 saturated heterocycles. The third kappa shape index (κ3) is 49.9. The van der Waals surface area contributed by atoms with Crippen molar-refractivity contribution in [1.29, 1.82) is 0 Å². The number of carbonyl (C=O) groups is 8. The summed E-state index contributed by atoms with van der Waals surface area (Å²) in [5.41, 5.74) is 2.64. The highest BCUT2D eigenvalue weighted by atomic mass is 32.3. The molecule has 0 aromatic heterocycles. The lowest BCUT2D eigenvalue weighted by molar-refractivity contribution is -0.269. The monoisotopic (exact) mass is 2010 g/mol. The van der Waals surface area contributed by atoms with Crippen molar-refractivity contribution in [2.45, 2.75) is 304 Å². The number of ether oxygens (including phenoxy) is 12. The Morgan fingerprint density at radius 3 is 0.865 bits per heavy atom. The van der Waals surface area contributed by atoms with Crippen molar-refractivity contribution in [3.8, 4) is 0 Å². The molecule has 4 fully saturated rings. The summed E-state index contributed by atoms with van der Waals surface area (Å²) in [6.07, 6.45) is -14.0. The van der Waals surface area contributed by atoms with Crippen LogP contribution in [0.15, 0.2) is 0 Å². The Morgan fingerprint density at radius 1 is 0.331 bits per heavy atom. The molecule has 776 valence electrons. The van der Waals surface area contributed by atoms with Crippen molar-refractivity contribution in [3.63, 3.8) is 0 Å². The molecule has 0 radical (unpaired) electrons. The fourth-order valence-electron chi connectivity index (χ4n) is 14.1. The highest BCUT2D eigenvalue weighted by Crippen LogP contribution is 2.30. The predicted molar refractivity (Wildman–Crippen MR) is 451 cm³/mol. The lowest BCUT2D eigenvalue weighted by Gasteiger charge is -2.42. The van der Waals surface area contributed by atoms with Crippen molar-refractivity contribution in [2.75, 3.05) is 119 Å². The van der Waals surface area contributed by atoms with Gasteiger partial charge in [0.05, 0.1) is 84.6 Å². The van der Waals surface area contributed by atoms with E-state index in [9.17, 15) is 113 Å². The Hall–Kier alpha value is -5.32. The molecule has 4 heterocycles. The zero-order chi connectivity index (χ0) is 98.7. The Kier molecular flexibility index (Phi) is 57.8. The first-order chi connectivity index (χ1) is 62.9. The molecular formula is C75H138N10O44S4. The van der Waals surface area contributed by atoms with E-state index in [0.29, 0.717) is 116 Å². The van der Waals surface area contributed by atoms with Crippen molar-refractivity contribution in [3.05, 3.63) is 0 Å². The number of hydrogen-bond acceptors (Lipinski definition) is 46. The lowest BCUT2D eigenvalue weighted by Crippen LogP contribution is -2.65. The van der Waals surface area contributed by atoms with Crippen LogP contribution in [0.2, 0.25) is 0 Å². The first kappa shape index (κ1) is 120. The molecule has 4 aliphatic heterocycles. The molecular weight excluding hydrogens is 1870 g/mol. The van der Waals surface area contributed by atoms with Crippen LogP contribution in [-0.4, -0.2) is 372 Å². The van der Waals surface area contributed by atoms with Crippen molar-refractivity contribution in [1.82, 2.24) is 42.9 Å². The molecule has 0 spiro atoms. The highest BCUT2D eigenvalue weighted by molar-refractivity contribution is 7.82. The first-order valence-corrected chi connectivity index (χ1v) is 49.1. The summed E-state index contributed by atoms with van der Waals surface area (Å²) in [7, 11) is -19.2. The van der Waals surface area contributed by atoms with Gasteiger partial charge in [-0.25, -0.2) is 8.37 Å². The Bertz CT molecular complexity index is 3630. The fourth-order valence-corrected chi connectivity index (χ4v) is 15.2. The summed E-state index contributed by atoms with van der Waals surface area (Å²) >= 11 is 0. The minimum atomic E-state index is -4.92. The van der Waals surface area contributed by atoms with Gasteiger partial charge in [-0.1, -0.05) is 64.2 Å². The molecule has 58 heteroatoms. The molecule has 0 aromatic carbocycles. The van der Waals surface area contributed by atoms with Gasteiger partial charge in [-0.15, -0.1) is 0 Å². The third-order valence-electron chi connectivity index (χ3n) is 20.9. The number of hydrogen-bond donors (Lipinski definition) is 20. The van der Waals surface area contributed by atoms with E-state index in [1.54, 1.807) is 0 Å². The number of aliphatic hydroxyl groups excluding tert-OH is 8. The topological polar surface area (TPSA) is 790 Å². The van der Waals surface area contributed by atoms with Crippen LogP contribution in [-0.2, 0) is 162 Å². The molecule has 6 amide bonds. The fraction of sp³-hybridized carbons (Fsp3) is 0.893. The number of amides is 6. The number of unbranched alkanes of at least 4 members (excludes halogenated alkanes) is 14. The molecule has 0 aliphatic carbocycles. The molecule has 54 nitrogen and oxygen atoms in total. The van der Waals surface area contributed by atoms with E-state index in [4.69, 9.17) is 77.7 Å². The number of aliphatic hydroxyl groups is 8. The van der Waals surface area contributed by atoms with Gasteiger partial charge in [0.1, 0.15) is 109 Å². The smallest absolute Gasteiger partial charge is 0.388 e. The van der Waals surface area contributed by atoms with E-state index in [0.717, 1.165) is 13.8 Å². The van der Waals surface area contributed by atoms with Gasteiger partial charge in [0.15, 0.2) is 25.2 Å². The number of hydroxylamine groups is 2. The molecule has 0 saturated carbocycles. The molecule has 4 aliphatic rings. The Balaban J connectivity index is 1.39. The van der Waals surface area contributed by atoms with Crippen molar-refractivity contribution in [2.24, 2.45) is 17.2 Å². The van der Waals surface area contributed by atoms with Gasteiger partial charge in [-0.05, 0) is 51.4 Å². The van der Waals surface area contributed by atoms with Crippen LogP contribution in [0.5, 0.6) is 0 Å². The van der Waals surface area contributed by atoms with Gasteiger partial charge >= 0.3 is 41.6 Å². The average molecular weight is 2010 g/mol. The van der Waals surface area contributed by atoms with Crippen LogP contribution in [0, 0.1) is 5.41 Å². The number of Topliss-reactive ketones (excluding diaryl/α,β-unsaturated/α-hetero) is 2. The second-order valence-electron chi connectivity index (χ2n) is 32.1. The Labute approximate surface area is 772 Å². The summed E-state index contributed by atoms with van der Waals surface area (Å²) in [6.45, 7) is 1.64. The molecule has 22 N–H and O–H groups in total. The van der Waals surface area contributed by atoms with Gasteiger partial charge < -0.3 is 130 Å². The summed E-state index contributed by atoms with van der Waals surface area (Å²) in [4.78, 5) is 101. The van der Waals surface area contributed by atoms with Crippen LogP contribution in [0.4, 0.5) is 0 Å². The number of nitrogens with one attached hydrogen (secondary N) is 8. The maximum Gasteiger partial charge on any atom is 0.415 e. The maximum atomic E-state index is 13.4. The summed E-state index contributed by atoms with van der Waals surface area (Å²) < 4.78 is 204. The van der Waals surface area contributed by atoms with E-state index in [-0.39, 0.29) is 154 Å². The van der Waals surface area contributed by atoms with E-state index in [1.807, 2.05) is 11.0 Å². The molecule has 20 atom stereocenters. The van der Waals surface area contributed by atoms with E-state index in [1.165, 1.54) is 13.8 Å². The number of rotatable bonds is 74. The summed E-state index contributed by atoms with van der Waals surface area (Å²) in [6, 6.07) is -4.95. The highest BCUT2D eigenvalue weighted by Gasteiger charge is 2.50. The Morgan fingerprint density at radius 2 is 0.586 bits per heavy atom. The van der Waals surface area contributed by atoms with Crippen LogP contribution in [0.1, 0.15) is 182 Å². The molecule has 4 rings (SSSR count). The van der Waals surface area contributed by atoms with Crippen molar-refractivity contribution >= 4 is 88.6 Å². The third-order valence-corrected chi connectivity index (χ3v) is 22.9. The minimum absolute atomic E-state index is 0.0131. The largest absolute Gasteiger partial charge is 0.415 e. The predicted octanol–water partition coefficient (Wildman–Crippen LogP) is -6.40. The molecule has 20 unspecified atom stereocenters. The maximum absolute atomic E-state index is 13.4. The van der Waals surface area contributed by atoms with E-state index < -0.39 is 220 Å². The zero-order valence-electron chi connectivity index (χ0n) is 74.9. The van der Waals surface area contributed by atoms with Gasteiger partial charge in [0.2, 0.25) is 35.4 Å². The second kappa shape index (κ2) is 64.1. The minimum Gasteiger partial charge on any atom is -0.388 e. The van der Waals surface area contributed by atoms with Crippen LogP contribution >= 0.6 is 0 Å². The SMILES string of the molecule is CC(=O)NC1C(OCCCCCCCC(=O)CCOCC(COCCC(=O)CCCCCCCOC2OC(CNOS(=O)(=O)O)C(O)C(O)C2NC(C)=O)(COCCC(=O)NCCCCCCOC2OC(COS(=O)(=O)ON)C(O)C(O)C2NC(C)=O)COCCC(=O)NCCCCCCOC2OC(COS(=O)(=O)ON)C(O)C(O)C2NC(C)=O)OC(CNOS(=O)(=O)O)C(O)C1O. The number of nitrogens with two attached hydrogens (primary N) is 2. The normalized spacial score (nSPS) is 26.4. The quantitative estimate of drug-likeness (QED) is 0.0153. The van der Waals surface area contributed by atoms with Crippen LogP contribution < -0.4 is 54.7 Å². The molecule has 0 aromatic rings. The van der Waals surface area contributed by atoms with Crippen LogP contribution in [0.3, 0.4) is 0 Å². The molecule has 0 bridgehead atoms. The zero-order valence-corrected chi connectivity index (χ0v) is 78.2. The van der Waals surface area contributed by atoms with Gasteiger partial charge in [0, 0.05) is 106 Å². The summed E-state index contributed by atoms with van der Waals surface area (Å²) in [5.74, 6) is 6.11. The molecule has 133 heavy (non-hydrogen) atoms. The first-order valence-electron chi connectivity index (χ1n) is 43.7.